The Labute approximate surface area is 189 Å². The molecule has 2 heterocycles. The smallest absolute Gasteiger partial charge is 0.266 e. The molecule has 1 amide bonds. The molecule has 0 radical (unpaired) electrons. The van der Waals surface area contributed by atoms with Crippen molar-refractivity contribution in [3.05, 3.63) is 75.2 Å². The van der Waals surface area contributed by atoms with Crippen LogP contribution in [0.3, 0.4) is 0 Å². The van der Waals surface area contributed by atoms with Crippen LogP contribution in [0.1, 0.15) is 12.2 Å². The molecule has 4 aromatic rings. The van der Waals surface area contributed by atoms with Crippen LogP contribution in [0, 0.1) is 18.6 Å². The van der Waals surface area contributed by atoms with Crippen molar-refractivity contribution < 1.29 is 18.1 Å². The Balaban J connectivity index is 1.65. The van der Waals surface area contributed by atoms with E-state index in [4.69, 9.17) is 16.1 Å². The third kappa shape index (κ3) is 4.66. The SMILES string of the molecule is Cc1cc(NC(=O)CCSc2nc3ccc(Cl)cc3c(=O)n2-c2ccc(F)cc2F)no1. The molecular weight excluding hydrogens is 462 g/mol. The lowest BCUT2D eigenvalue weighted by Gasteiger charge is -2.14. The summed E-state index contributed by atoms with van der Waals surface area (Å²) >= 11 is 7.09. The second-order valence-electron chi connectivity index (χ2n) is 6.76. The number of hydrogen-bond donors (Lipinski definition) is 1. The summed E-state index contributed by atoms with van der Waals surface area (Å²) < 4.78 is 33.9. The van der Waals surface area contributed by atoms with Gasteiger partial charge in [-0.1, -0.05) is 28.5 Å². The number of nitrogens with one attached hydrogen (secondary N) is 1. The van der Waals surface area contributed by atoms with Gasteiger partial charge in [0.1, 0.15) is 17.4 Å². The van der Waals surface area contributed by atoms with Crippen LogP contribution in [-0.2, 0) is 4.79 Å². The molecule has 0 aliphatic rings. The lowest BCUT2D eigenvalue weighted by Crippen LogP contribution is -2.23. The number of rotatable bonds is 6. The fourth-order valence-electron chi connectivity index (χ4n) is 2.97. The maximum Gasteiger partial charge on any atom is 0.266 e. The number of anilines is 1. The Hall–Kier alpha value is -3.24. The van der Waals surface area contributed by atoms with E-state index in [0.29, 0.717) is 28.2 Å². The summed E-state index contributed by atoms with van der Waals surface area (Å²) in [6.07, 6.45) is 0.0665. The van der Waals surface area contributed by atoms with E-state index in [0.717, 1.165) is 28.5 Å². The third-order valence-corrected chi connectivity index (χ3v) is 5.58. The molecule has 164 valence electrons. The topological polar surface area (TPSA) is 90.0 Å². The van der Waals surface area contributed by atoms with Crippen molar-refractivity contribution in [2.75, 3.05) is 11.1 Å². The van der Waals surface area contributed by atoms with Gasteiger partial charge in [-0.15, -0.1) is 0 Å². The molecule has 7 nitrogen and oxygen atoms in total. The largest absolute Gasteiger partial charge is 0.360 e. The number of thioether (sulfide) groups is 1. The molecule has 0 saturated heterocycles. The average Bonchev–Trinajstić information content (AvgIpc) is 3.14. The highest BCUT2D eigenvalue weighted by Crippen LogP contribution is 2.25. The summed E-state index contributed by atoms with van der Waals surface area (Å²) in [4.78, 5) is 29.8. The summed E-state index contributed by atoms with van der Waals surface area (Å²) in [6, 6.07) is 9.07. The van der Waals surface area contributed by atoms with Crippen LogP contribution in [0.5, 0.6) is 0 Å². The molecular formula is C21H15ClF2N4O3S. The second-order valence-corrected chi connectivity index (χ2v) is 8.26. The van der Waals surface area contributed by atoms with E-state index >= 15 is 0 Å². The summed E-state index contributed by atoms with van der Waals surface area (Å²) in [5.74, 6) is -0.928. The Kier molecular flexibility index (Phi) is 6.24. The number of carbonyl (C=O) groups excluding carboxylic acids is 1. The van der Waals surface area contributed by atoms with Gasteiger partial charge in [0.15, 0.2) is 11.0 Å². The van der Waals surface area contributed by atoms with Gasteiger partial charge in [-0.05, 0) is 37.3 Å². The second kappa shape index (κ2) is 9.09. The summed E-state index contributed by atoms with van der Waals surface area (Å²) in [5, 5.41) is 6.95. The van der Waals surface area contributed by atoms with E-state index in [1.54, 1.807) is 25.1 Å². The Morgan fingerprint density at radius 1 is 1.22 bits per heavy atom. The fraction of sp³-hybridized carbons (Fsp3) is 0.143. The van der Waals surface area contributed by atoms with Crippen LogP contribution in [0.2, 0.25) is 5.02 Å². The monoisotopic (exact) mass is 476 g/mol. The van der Waals surface area contributed by atoms with Crippen LogP contribution >= 0.6 is 23.4 Å². The van der Waals surface area contributed by atoms with E-state index in [-0.39, 0.29) is 34.3 Å². The standard InChI is InChI=1S/C21H15ClF2N4O3S/c1-11-8-18(27-31-11)26-19(29)6-7-32-21-25-16-4-2-12(22)9-14(16)20(30)28(21)17-5-3-13(23)10-15(17)24/h2-5,8-10H,6-7H2,1H3,(H,26,27,29). The van der Waals surface area contributed by atoms with Gasteiger partial charge in [0.05, 0.1) is 16.6 Å². The normalized spacial score (nSPS) is 11.1. The van der Waals surface area contributed by atoms with Gasteiger partial charge >= 0.3 is 0 Å². The molecule has 4 rings (SSSR count). The third-order valence-electron chi connectivity index (χ3n) is 4.41. The molecule has 32 heavy (non-hydrogen) atoms. The first-order valence-corrected chi connectivity index (χ1v) is 10.7. The van der Waals surface area contributed by atoms with Crippen molar-refractivity contribution in [1.82, 2.24) is 14.7 Å². The molecule has 0 saturated carbocycles. The minimum absolute atomic E-state index is 0.0665. The van der Waals surface area contributed by atoms with Gasteiger partial charge in [0, 0.05) is 29.3 Å². The number of amides is 1. The van der Waals surface area contributed by atoms with Crippen molar-refractivity contribution >= 4 is 46.0 Å². The average molecular weight is 477 g/mol. The van der Waals surface area contributed by atoms with Crippen molar-refractivity contribution in [3.63, 3.8) is 0 Å². The number of benzene rings is 2. The molecule has 0 aliphatic heterocycles. The first-order valence-electron chi connectivity index (χ1n) is 9.35. The van der Waals surface area contributed by atoms with Crippen LogP contribution in [0.25, 0.3) is 16.6 Å². The zero-order valence-corrected chi connectivity index (χ0v) is 18.1. The number of fused-ring (bicyclic) bond motifs is 1. The van der Waals surface area contributed by atoms with E-state index < -0.39 is 17.2 Å². The number of carbonyl (C=O) groups is 1. The van der Waals surface area contributed by atoms with Crippen molar-refractivity contribution in [2.45, 2.75) is 18.5 Å². The minimum atomic E-state index is -0.920. The molecule has 0 spiro atoms. The van der Waals surface area contributed by atoms with Crippen molar-refractivity contribution in [1.29, 1.82) is 0 Å². The van der Waals surface area contributed by atoms with E-state index in [1.807, 2.05) is 0 Å². The van der Waals surface area contributed by atoms with Gasteiger partial charge < -0.3 is 9.84 Å². The molecule has 0 atom stereocenters. The van der Waals surface area contributed by atoms with Gasteiger partial charge in [0.2, 0.25) is 5.91 Å². The predicted molar refractivity (Wildman–Crippen MR) is 117 cm³/mol. The van der Waals surface area contributed by atoms with Gasteiger partial charge in [-0.3, -0.25) is 14.2 Å². The van der Waals surface area contributed by atoms with Crippen LogP contribution in [-0.4, -0.2) is 26.4 Å². The zero-order chi connectivity index (χ0) is 22.8. The highest BCUT2D eigenvalue weighted by molar-refractivity contribution is 7.99. The quantitative estimate of drug-likeness (QED) is 0.319. The van der Waals surface area contributed by atoms with Crippen molar-refractivity contribution in [2.24, 2.45) is 0 Å². The van der Waals surface area contributed by atoms with Crippen molar-refractivity contribution in [3.8, 4) is 5.69 Å². The van der Waals surface area contributed by atoms with E-state index in [1.165, 1.54) is 6.07 Å². The number of aromatic nitrogens is 3. The van der Waals surface area contributed by atoms with Gasteiger partial charge in [-0.2, -0.15) is 0 Å². The molecule has 0 bridgehead atoms. The van der Waals surface area contributed by atoms with Crippen LogP contribution < -0.4 is 10.9 Å². The molecule has 0 unspecified atom stereocenters. The number of aryl methyl sites for hydroxylation is 1. The number of nitrogens with zero attached hydrogens (tertiary/aromatic N) is 3. The van der Waals surface area contributed by atoms with Gasteiger partial charge in [0.25, 0.3) is 5.56 Å². The maximum absolute atomic E-state index is 14.5. The molecule has 0 fully saturated rings. The molecule has 1 N–H and O–H groups in total. The molecule has 2 aromatic heterocycles. The van der Waals surface area contributed by atoms with E-state index in [2.05, 4.69) is 15.5 Å². The maximum atomic E-state index is 14.5. The lowest BCUT2D eigenvalue weighted by molar-refractivity contribution is -0.115. The highest BCUT2D eigenvalue weighted by Gasteiger charge is 2.18. The lowest BCUT2D eigenvalue weighted by atomic mass is 10.2. The summed E-state index contributed by atoms with van der Waals surface area (Å²) in [6.45, 7) is 1.70. The Bertz CT molecular complexity index is 1390. The first kappa shape index (κ1) is 22.0. The zero-order valence-electron chi connectivity index (χ0n) is 16.6. The summed E-state index contributed by atoms with van der Waals surface area (Å²) in [5.41, 5.74) is -0.355. The molecule has 11 heteroatoms. The fourth-order valence-corrected chi connectivity index (χ4v) is 4.09. The Morgan fingerprint density at radius 3 is 2.75 bits per heavy atom. The number of halogens is 3. The number of hydrogen-bond acceptors (Lipinski definition) is 6. The van der Waals surface area contributed by atoms with Gasteiger partial charge in [-0.25, -0.2) is 13.8 Å². The Morgan fingerprint density at radius 2 is 2.03 bits per heavy atom. The molecule has 0 aliphatic carbocycles. The minimum Gasteiger partial charge on any atom is -0.360 e. The highest BCUT2D eigenvalue weighted by atomic mass is 35.5. The van der Waals surface area contributed by atoms with Crippen LogP contribution in [0.15, 0.2) is 56.9 Å². The molecule has 2 aromatic carbocycles. The predicted octanol–water partition coefficient (Wildman–Crippen LogP) is 4.73. The first-order chi connectivity index (χ1) is 15.3. The summed E-state index contributed by atoms with van der Waals surface area (Å²) in [7, 11) is 0. The van der Waals surface area contributed by atoms with Crippen LogP contribution in [0.4, 0.5) is 14.6 Å². The van der Waals surface area contributed by atoms with E-state index in [9.17, 15) is 18.4 Å².